The summed E-state index contributed by atoms with van der Waals surface area (Å²) in [5, 5.41) is 6.03. The second-order valence-corrected chi connectivity index (χ2v) is 6.27. The highest BCUT2D eigenvalue weighted by Gasteiger charge is 2.18. The van der Waals surface area contributed by atoms with Gasteiger partial charge in [-0.15, -0.1) is 0 Å². The molecule has 2 N–H and O–H groups in total. The predicted molar refractivity (Wildman–Crippen MR) is 89.7 cm³/mol. The van der Waals surface area contributed by atoms with Crippen LogP contribution in [0.1, 0.15) is 0 Å². The molecule has 0 aromatic heterocycles. The fourth-order valence-corrected chi connectivity index (χ4v) is 2.54. The molecule has 0 saturated carbocycles. The maximum atomic E-state index is 12.1. The molecule has 1 saturated heterocycles. The number of anilines is 1. The highest BCUT2D eigenvalue weighted by Crippen LogP contribution is 2.13. The summed E-state index contributed by atoms with van der Waals surface area (Å²) in [7, 11) is 1.78. The molecule has 22 heavy (non-hydrogen) atoms. The first-order valence-electron chi connectivity index (χ1n) is 7.27. The number of piperazine rings is 1. The molecule has 1 aliphatic heterocycles. The summed E-state index contributed by atoms with van der Waals surface area (Å²) in [5.41, 5.74) is 0.745. The van der Waals surface area contributed by atoms with E-state index >= 15 is 0 Å². The Kier molecular flexibility index (Phi) is 6.35. The Hall–Kier alpha value is -1.44. The third-order valence-electron chi connectivity index (χ3n) is 3.42. The van der Waals surface area contributed by atoms with Crippen LogP contribution >= 0.6 is 15.9 Å². The summed E-state index contributed by atoms with van der Waals surface area (Å²) < 4.78 is 0.962. The van der Waals surface area contributed by atoms with E-state index in [0.29, 0.717) is 0 Å². The zero-order valence-electron chi connectivity index (χ0n) is 12.6. The lowest BCUT2D eigenvalue weighted by Crippen LogP contribution is -2.49. The highest BCUT2D eigenvalue weighted by atomic mass is 79.9. The molecule has 6 nitrogen and oxygen atoms in total. The second-order valence-electron chi connectivity index (χ2n) is 5.36. The molecule has 2 rings (SSSR count). The third kappa shape index (κ3) is 5.40. The number of nitrogens with zero attached hydrogens (tertiary/aromatic N) is 2. The Labute approximate surface area is 139 Å². The van der Waals surface area contributed by atoms with Crippen molar-refractivity contribution in [2.45, 2.75) is 0 Å². The number of likely N-dealkylation sites (N-methyl/N-ethyl adjacent to an activating group) is 1. The molecular formula is C15H21BrN4O2. The van der Waals surface area contributed by atoms with Gasteiger partial charge in [0, 0.05) is 36.3 Å². The van der Waals surface area contributed by atoms with Gasteiger partial charge in [-0.05, 0) is 31.3 Å². The van der Waals surface area contributed by atoms with Gasteiger partial charge in [0.2, 0.25) is 11.8 Å². The molecule has 7 heteroatoms. The first-order chi connectivity index (χ1) is 10.5. The molecule has 1 aliphatic rings. The van der Waals surface area contributed by atoms with E-state index in [1.807, 2.05) is 29.2 Å². The molecule has 0 bridgehead atoms. The van der Waals surface area contributed by atoms with Crippen molar-refractivity contribution in [2.75, 3.05) is 51.6 Å². The minimum absolute atomic E-state index is 0.0699. The molecule has 2 amide bonds. The van der Waals surface area contributed by atoms with E-state index in [1.165, 1.54) is 0 Å². The van der Waals surface area contributed by atoms with E-state index in [2.05, 4.69) is 26.6 Å². The number of carbonyl (C=O) groups is 2. The van der Waals surface area contributed by atoms with Crippen molar-refractivity contribution < 1.29 is 9.59 Å². The van der Waals surface area contributed by atoms with Gasteiger partial charge in [0.15, 0.2) is 0 Å². The molecule has 0 radical (unpaired) electrons. The monoisotopic (exact) mass is 368 g/mol. The van der Waals surface area contributed by atoms with Crippen LogP contribution in [0.2, 0.25) is 0 Å². The molecule has 1 fully saturated rings. The molecule has 1 aromatic rings. The van der Waals surface area contributed by atoms with Gasteiger partial charge in [0.25, 0.3) is 0 Å². The van der Waals surface area contributed by atoms with Crippen LogP contribution in [0.25, 0.3) is 0 Å². The number of carbonyl (C=O) groups excluding carboxylic acids is 2. The summed E-state index contributed by atoms with van der Waals surface area (Å²) in [6, 6.07) is 7.39. The van der Waals surface area contributed by atoms with E-state index in [9.17, 15) is 9.59 Å². The number of hydrogen-bond donors (Lipinski definition) is 2. The first kappa shape index (κ1) is 16.9. The molecule has 0 atom stereocenters. The maximum absolute atomic E-state index is 12.1. The van der Waals surface area contributed by atoms with E-state index < -0.39 is 0 Å². The number of nitrogens with one attached hydrogen (secondary N) is 2. The van der Waals surface area contributed by atoms with Crippen LogP contribution in [-0.2, 0) is 9.59 Å². The van der Waals surface area contributed by atoms with E-state index in [-0.39, 0.29) is 24.9 Å². The van der Waals surface area contributed by atoms with Crippen molar-refractivity contribution in [3.63, 3.8) is 0 Å². The zero-order valence-corrected chi connectivity index (χ0v) is 14.2. The second kappa shape index (κ2) is 8.26. The topological polar surface area (TPSA) is 64.7 Å². The average Bonchev–Trinajstić information content (AvgIpc) is 2.50. The van der Waals surface area contributed by atoms with Gasteiger partial charge < -0.3 is 15.5 Å². The lowest BCUT2D eigenvalue weighted by atomic mass is 10.3. The van der Waals surface area contributed by atoms with Crippen LogP contribution in [0.5, 0.6) is 0 Å². The lowest BCUT2D eigenvalue weighted by molar-refractivity contribution is -0.133. The maximum Gasteiger partial charge on any atom is 0.238 e. The molecule has 1 heterocycles. The molecule has 0 unspecified atom stereocenters. The summed E-state index contributed by atoms with van der Waals surface area (Å²) in [5.74, 6) is -0.0571. The smallest absolute Gasteiger partial charge is 0.238 e. The lowest BCUT2D eigenvalue weighted by Gasteiger charge is -2.29. The van der Waals surface area contributed by atoms with Crippen LogP contribution in [0.3, 0.4) is 0 Å². The summed E-state index contributed by atoms with van der Waals surface area (Å²) in [4.78, 5) is 27.6. The number of rotatable bonds is 5. The Balaban J connectivity index is 1.75. The van der Waals surface area contributed by atoms with Gasteiger partial charge >= 0.3 is 0 Å². The van der Waals surface area contributed by atoms with Crippen LogP contribution < -0.4 is 10.6 Å². The summed E-state index contributed by atoms with van der Waals surface area (Å²) in [6.07, 6.45) is 0. The molecule has 120 valence electrons. The molecule has 0 aliphatic carbocycles. The SMILES string of the molecule is CN(CC(=O)Nc1ccc(Br)cc1)CC(=O)N1CCNCC1. The number of amides is 2. The van der Waals surface area contributed by atoms with Crippen LogP contribution in [0, 0.1) is 0 Å². The fourth-order valence-electron chi connectivity index (χ4n) is 2.28. The Morgan fingerprint density at radius 2 is 1.86 bits per heavy atom. The van der Waals surface area contributed by atoms with Crippen molar-refractivity contribution in [3.8, 4) is 0 Å². The third-order valence-corrected chi connectivity index (χ3v) is 3.95. The largest absolute Gasteiger partial charge is 0.339 e. The fraction of sp³-hybridized carbons (Fsp3) is 0.467. The molecule has 0 spiro atoms. The van der Waals surface area contributed by atoms with Gasteiger partial charge in [-0.3, -0.25) is 14.5 Å². The minimum atomic E-state index is -0.127. The van der Waals surface area contributed by atoms with E-state index in [4.69, 9.17) is 0 Å². The normalized spacial score (nSPS) is 15.0. The number of benzene rings is 1. The number of hydrogen-bond acceptors (Lipinski definition) is 4. The summed E-state index contributed by atoms with van der Waals surface area (Å²) >= 11 is 3.35. The van der Waals surface area contributed by atoms with Gasteiger partial charge in [-0.2, -0.15) is 0 Å². The summed E-state index contributed by atoms with van der Waals surface area (Å²) in [6.45, 7) is 3.58. The van der Waals surface area contributed by atoms with Crippen molar-refractivity contribution in [1.29, 1.82) is 0 Å². The molecular weight excluding hydrogens is 348 g/mol. The van der Waals surface area contributed by atoms with E-state index in [1.54, 1.807) is 11.9 Å². The first-order valence-corrected chi connectivity index (χ1v) is 8.06. The van der Waals surface area contributed by atoms with Gasteiger partial charge in [-0.1, -0.05) is 15.9 Å². The van der Waals surface area contributed by atoms with Crippen molar-refractivity contribution in [1.82, 2.24) is 15.1 Å². The zero-order chi connectivity index (χ0) is 15.9. The predicted octanol–water partition coefficient (Wildman–Crippen LogP) is 0.751. The van der Waals surface area contributed by atoms with Gasteiger partial charge in [0.05, 0.1) is 13.1 Å². The highest BCUT2D eigenvalue weighted by molar-refractivity contribution is 9.10. The van der Waals surface area contributed by atoms with Crippen LogP contribution in [0.15, 0.2) is 28.7 Å². The van der Waals surface area contributed by atoms with Crippen LogP contribution in [0.4, 0.5) is 5.69 Å². The van der Waals surface area contributed by atoms with Crippen molar-refractivity contribution in [3.05, 3.63) is 28.7 Å². The van der Waals surface area contributed by atoms with Crippen molar-refractivity contribution in [2.24, 2.45) is 0 Å². The van der Waals surface area contributed by atoms with Gasteiger partial charge in [0.1, 0.15) is 0 Å². The Morgan fingerprint density at radius 3 is 2.50 bits per heavy atom. The number of halogens is 1. The quantitative estimate of drug-likeness (QED) is 0.804. The van der Waals surface area contributed by atoms with E-state index in [0.717, 1.165) is 36.3 Å². The van der Waals surface area contributed by atoms with Crippen LogP contribution in [-0.4, -0.2) is 67.9 Å². The Morgan fingerprint density at radius 1 is 1.23 bits per heavy atom. The standard InChI is InChI=1S/C15H21BrN4O2/c1-19(11-15(22)20-8-6-17-7-9-20)10-14(21)18-13-4-2-12(16)3-5-13/h2-5,17H,6-11H2,1H3,(H,18,21). The average molecular weight is 369 g/mol. The minimum Gasteiger partial charge on any atom is -0.339 e. The van der Waals surface area contributed by atoms with Gasteiger partial charge in [-0.25, -0.2) is 0 Å². The Bertz CT molecular complexity index is 515. The van der Waals surface area contributed by atoms with Crippen molar-refractivity contribution >= 4 is 33.4 Å². The molecule has 1 aromatic carbocycles.